The first-order valence-corrected chi connectivity index (χ1v) is 6.97. The van der Waals surface area contributed by atoms with E-state index in [-0.39, 0.29) is 5.82 Å². The lowest BCUT2D eigenvalue weighted by Crippen LogP contribution is -2.45. The van der Waals surface area contributed by atoms with Gasteiger partial charge in [0, 0.05) is 29.7 Å². The Bertz CT molecular complexity index is 391. The Hall–Kier alpha value is -0.640. The summed E-state index contributed by atoms with van der Waals surface area (Å²) in [6.45, 7) is 5.83. The Morgan fingerprint density at radius 1 is 1.50 bits per heavy atom. The second-order valence-corrected chi connectivity index (χ2v) is 5.24. The van der Waals surface area contributed by atoms with Gasteiger partial charge in [-0.05, 0) is 38.1 Å². The first-order chi connectivity index (χ1) is 8.70. The van der Waals surface area contributed by atoms with Crippen molar-refractivity contribution in [3.8, 4) is 0 Å². The molecule has 0 spiro atoms. The van der Waals surface area contributed by atoms with Crippen molar-refractivity contribution in [1.29, 1.82) is 0 Å². The second kappa shape index (κ2) is 6.50. The van der Waals surface area contributed by atoms with E-state index in [9.17, 15) is 4.39 Å². The molecule has 0 aliphatic carbocycles. The summed E-state index contributed by atoms with van der Waals surface area (Å²) in [5, 5.41) is 3.86. The van der Waals surface area contributed by atoms with Crippen LogP contribution in [0.15, 0.2) is 18.2 Å². The van der Waals surface area contributed by atoms with Gasteiger partial charge in [0.15, 0.2) is 0 Å². The average Bonchev–Trinajstić information content (AvgIpc) is 2.39. The van der Waals surface area contributed by atoms with Crippen molar-refractivity contribution in [2.75, 3.05) is 19.6 Å². The average molecular weight is 271 g/mol. The van der Waals surface area contributed by atoms with Crippen molar-refractivity contribution in [2.45, 2.75) is 32.4 Å². The van der Waals surface area contributed by atoms with E-state index in [1.165, 1.54) is 18.9 Å². The highest BCUT2D eigenvalue weighted by Crippen LogP contribution is 2.19. The topological polar surface area (TPSA) is 15.3 Å². The lowest BCUT2D eigenvalue weighted by molar-refractivity contribution is 0.164. The molecular formula is C14H20ClFN2. The van der Waals surface area contributed by atoms with E-state index < -0.39 is 0 Å². The van der Waals surface area contributed by atoms with Crippen LogP contribution in [0.1, 0.15) is 25.3 Å². The molecule has 0 saturated carbocycles. The molecule has 0 amide bonds. The number of hydrogen-bond donors (Lipinski definition) is 1. The number of hydrogen-bond acceptors (Lipinski definition) is 2. The van der Waals surface area contributed by atoms with Crippen molar-refractivity contribution in [1.82, 2.24) is 10.2 Å². The molecule has 1 aromatic carbocycles. The Morgan fingerprint density at radius 3 is 2.94 bits per heavy atom. The predicted octanol–water partition coefficient (Wildman–Crippen LogP) is 3.05. The number of rotatable bonds is 4. The lowest BCUT2D eigenvalue weighted by atomic mass is 10.0. The third kappa shape index (κ3) is 3.44. The summed E-state index contributed by atoms with van der Waals surface area (Å²) in [5.41, 5.74) is 0.729. The fourth-order valence-electron chi connectivity index (χ4n) is 2.51. The molecule has 1 atom stereocenters. The fourth-order valence-corrected chi connectivity index (χ4v) is 2.67. The third-order valence-corrected chi connectivity index (χ3v) is 3.82. The molecule has 1 N–H and O–H groups in total. The molecule has 0 bridgehead atoms. The maximum atomic E-state index is 13.8. The van der Waals surface area contributed by atoms with Gasteiger partial charge in [0.25, 0.3) is 0 Å². The smallest absolute Gasteiger partial charge is 0.129 e. The molecule has 1 aromatic rings. The number of halogens is 2. The highest BCUT2D eigenvalue weighted by Gasteiger charge is 2.20. The molecule has 18 heavy (non-hydrogen) atoms. The quantitative estimate of drug-likeness (QED) is 0.905. The van der Waals surface area contributed by atoms with Crippen LogP contribution in [0.25, 0.3) is 0 Å². The minimum Gasteiger partial charge on any atom is -0.315 e. The monoisotopic (exact) mass is 270 g/mol. The van der Waals surface area contributed by atoms with Crippen LogP contribution < -0.4 is 5.32 Å². The van der Waals surface area contributed by atoms with Crippen molar-refractivity contribution < 1.29 is 4.39 Å². The molecular weight excluding hydrogens is 251 g/mol. The highest BCUT2D eigenvalue weighted by molar-refractivity contribution is 6.30. The minimum absolute atomic E-state index is 0.204. The van der Waals surface area contributed by atoms with Crippen LogP contribution in [0, 0.1) is 5.82 Å². The standard InChI is InChI=1S/C14H20ClFN2/c1-2-18(13-4-3-7-17-9-13)10-11-5-6-12(15)8-14(11)16/h5-6,8,13,17H,2-4,7,9-10H2,1H3. The van der Waals surface area contributed by atoms with Crippen molar-refractivity contribution in [2.24, 2.45) is 0 Å². The van der Waals surface area contributed by atoms with Gasteiger partial charge in [-0.25, -0.2) is 4.39 Å². The van der Waals surface area contributed by atoms with Crippen LogP contribution in [-0.4, -0.2) is 30.6 Å². The number of nitrogens with one attached hydrogen (secondary N) is 1. The van der Waals surface area contributed by atoms with E-state index >= 15 is 0 Å². The summed E-state index contributed by atoms with van der Waals surface area (Å²) in [6.07, 6.45) is 2.39. The third-order valence-electron chi connectivity index (χ3n) is 3.58. The van der Waals surface area contributed by atoms with E-state index in [1.54, 1.807) is 12.1 Å². The molecule has 0 aromatic heterocycles. The van der Waals surface area contributed by atoms with Crippen LogP contribution in [-0.2, 0) is 6.54 Å². The van der Waals surface area contributed by atoms with Crippen LogP contribution >= 0.6 is 11.6 Å². The Morgan fingerprint density at radius 2 is 2.33 bits per heavy atom. The number of benzene rings is 1. The van der Waals surface area contributed by atoms with Gasteiger partial charge in [0.1, 0.15) is 5.82 Å². The number of piperidine rings is 1. The van der Waals surface area contributed by atoms with Gasteiger partial charge in [0.2, 0.25) is 0 Å². The zero-order valence-corrected chi connectivity index (χ0v) is 11.5. The predicted molar refractivity (Wildman–Crippen MR) is 73.4 cm³/mol. The Balaban J connectivity index is 2.04. The maximum Gasteiger partial charge on any atom is 0.129 e. The van der Waals surface area contributed by atoms with Gasteiger partial charge in [-0.3, -0.25) is 4.90 Å². The summed E-state index contributed by atoms with van der Waals surface area (Å²) in [7, 11) is 0. The van der Waals surface area contributed by atoms with Gasteiger partial charge in [-0.1, -0.05) is 24.6 Å². The fraction of sp³-hybridized carbons (Fsp3) is 0.571. The summed E-state index contributed by atoms with van der Waals surface area (Å²) in [5.74, 6) is -0.204. The van der Waals surface area contributed by atoms with Crippen molar-refractivity contribution >= 4 is 11.6 Å². The van der Waals surface area contributed by atoms with E-state index in [2.05, 4.69) is 17.1 Å². The summed E-state index contributed by atoms with van der Waals surface area (Å²) < 4.78 is 13.8. The molecule has 1 fully saturated rings. The largest absolute Gasteiger partial charge is 0.315 e. The first-order valence-electron chi connectivity index (χ1n) is 6.59. The van der Waals surface area contributed by atoms with Crippen LogP contribution in [0.5, 0.6) is 0 Å². The zero-order chi connectivity index (χ0) is 13.0. The Labute approximate surface area is 113 Å². The van der Waals surface area contributed by atoms with E-state index in [0.717, 1.165) is 25.2 Å². The van der Waals surface area contributed by atoms with Gasteiger partial charge in [-0.2, -0.15) is 0 Å². The zero-order valence-electron chi connectivity index (χ0n) is 10.8. The molecule has 1 saturated heterocycles. The normalized spacial score (nSPS) is 20.3. The van der Waals surface area contributed by atoms with Gasteiger partial charge in [0.05, 0.1) is 0 Å². The summed E-state index contributed by atoms with van der Waals surface area (Å²) >= 11 is 5.77. The second-order valence-electron chi connectivity index (χ2n) is 4.80. The molecule has 1 unspecified atom stereocenters. The minimum atomic E-state index is -0.204. The molecule has 2 rings (SSSR count). The SMILES string of the molecule is CCN(Cc1ccc(Cl)cc1F)C1CCCNC1. The highest BCUT2D eigenvalue weighted by atomic mass is 35.5. The number of nitrogens with zero attached hydrogens (tertiary/aromatic N) is 1. The van der Waals surface area contributed by atoms with E-state index in [4.69, 9.17) is 11.6 Å². The summed E-state index contributed by atoms with van der Waals surface area (Å²) in [6, 6.07) is 5.45. The first kappa shape index (κ1) is 13.8. The van der Waals surface area contributed by atoms with E-state index in [1.807, 2.05) is 0 Å². The van der Waals surface area contributed by atoms with E-state index in [0.29, 0.717) is 17.6 Å². The van der Waals surface area contributed by atoms with Crippen molar-refractivity contribution in [3.63, 3.8) is 0 Å². The molecule has 2 nitrogen and oxygen atoms in total. The molecule has 1 heterocycles. The van der Waals surface area contributed by atoms with Gasteiger partial charge in [-0.15, -0.1) is 0 Å². The van der Waals surface area contributed by atoms with Crippen molar-refractivity contribution in [3.05, 3.63) is 34.6 Å². The molecule has 4 heteroatoms. The van der Waals surface area contributed by atoms with Crippen LogP contribution in [0.2, 0.25) is 5.02 Å². The number of likely N-dealkylation sites (N-methyl/N-ethyl adjacent to an activating group) is 1. The van der Waals surface area contributed by atoms with Gasteiger partial charge < -0.3 is 5.32 Å². The maximum absolute atomic E-state index is 13.8. The molecule has 1 aliphatic rings. The Kier molecular flexibility index (Phi) is 4.98. The van der Waals surface area contributed by atoms with Crippen LogP contribution in [0.4, 0.5) is 4.39 Å². The molecule has 1 aliphatic heterocycles. The molecule has 100 valence electrons. The lowest BCUT2D eigenvalue weighted by Gasteiger charge is -2.34. The van der Waals surface area contributed by atoms with Crippen LogP contribution in [0.3, 0.4) is 0 Å². The summed E-state index contributed by atoms with van der Waals surface area (Å²) in [4.78, 5) is 2.33. The van der Waals surface area contributed by atoms with Gasteiger partial charge >= 0.3 is 0 Å². The molecule has 0 radical (unpaired) electrons.